The van der Waals surface area contributed by atoms with Gasteiger partial charge in [-0.3, -0.25) is 9.79 Å². The fraction of sp³-hybridized carbons (Fsp3) is 0.652. The number of carbonyl (C=O) groups is 1. The lowest BCUT2D eigenvalue weighted by atomic mass is 9.99. The molecule has 0 aromatic heterocycles. The van der Waals surface area contributed by atoms with Gasteiger partial charge in [-0.25, -0.2) is 0 Å². The van der Waals surface area contributed by atoms with E-state index < -0.39 is 0 Å². The zero-order valence-electron chi connectivity index (χ0n) is 18.2. The van der Waals surface area contributed by atoms with Crippen LogP contribution in [0, 0.1) is 5.92 Å². The van der Waals surface area contributed by atoms with Crippen molar-refractivity contribution in [2.45, 2.75) is 38.6 Å². The van der Waals surface area contributed by atoms with Gasteiger partial charge in [-0.15, -0.1) is 0 Å². The van der Waals surface area contributed by atoms with Crippen LogP contribution in [0.5, 0.6) is 0 Å². The zero-order valence-corrected chi connectivity index (χ0v) is 18.2. The van der Waals surface area contributed by atoms with E-state index in [9.17, 15) is 4.79 Å². The second kappa shape index (κ2) is 12.5. The third kappa shape index (κ3) is 7.29. The van der Waals surface area contributed by atoms with Gasteiger partial charge in [0.25, 0.3) is 0 Å². The summed E-state index contributed by atoms with van der Waals surface area (Å²) in [6, 6.07) is 8.41. The number of rotatable bonds is 10. The van der Waals surface area contributed by atoms with Gasteiger partial charge < -0.3 is 25.0 Å². The average Bonchev–Trinajstić information content (AvgIpc) is 3.30. The number of hydrogen-bond acceptors (Lipinski definition) is 4. The Balaban J connectivity index is 1.22. The van der Waals surface area contributed by atoms with Crippen LogP contribution in [0.15, 0.2) is 29.3 Å². The van der Waals surface area contributed by atoms with Crippen LogP contribution in [-0.2, 0) is 27.2 Å². The standard InChI is InChI=1S/C23H36N4O3/c1-24-23(26-12-5-14-29-17-19-10-15-30-18-19)25-11-4-8-22(28)27-13-9-20-6-2-3-7-21(20)16-27/h2-3,6-7,19H,4-5,8-18H2,1H3,(H2,24,25,26). The van der Waals surface area contributed by atoms with Gasteiger partial charge in [0.05, 0.1) is 13.2 Å². The third-order valence-electron chi connectivity index (χ3n) is 5.70. The summed E-state index contributed by atoms with van der Waals surface area (Å²) in [6.45, 7) is 6.35. The van der Waals surface area contributed by atoms with Gasteiger partial charge in [0.1, 0.15) is 0 Å². The maximum Gasteiger partial charge on any atom is 0.222 e. The number of carbonyl (C=O) groups excluding carboxylic acids is 1. The first kappa shape index (κ1) is 22.6. The molecule has 2 N–H and O–H groups in total. The summed E-state index contributed by atoms with van der Waals surface area (Å²) in [6.07, 6.45) is 4.36. The summed E-state index contributed by atoms with van der Waals surface area (Å²) in [4.78, 5) is 18.7. The summed E-state index contributed by atoms with van der Waals surface area (Å²) >= 11 is 0. The highest BCUT2D eigenvalue weighted by Crippen LogP contribution is 2.19. The molecule has 2 heterocycles. The smallest absolute Gasteiger partial charge is 0.222 e. The molecule has 0 aliphatic carbocycles. The summed E-state index contributed by atoms with van der Waals surface area (Å²) in [5.41, 5.74) is 2.65. The molecule has 166 valence electrons. The van der Waals surface area contributed by atoms with Crippen LogP contribution in [0.4, 0.5) is 0 Å². The SMILES string of the molecule is CN=C(NCCCOCC1CCOC1)NCCCC(=O)N1CCc2ccccc2C1. The van der Waals surface area contributed by atoms with Crippen molar-refractivity contribution < 1.29 is 14.3 Å². The topological polar surface area (TPSA) is 75.2 Å². The van der Waals surface area contributed by atoms with Gasteiger partial charge in [-0.1, -0.05) is 24.3 Å². The Kier molecular flexibility index (Phi) is 9.44. The van der Waals surface area contributed by atoms with Crippen LogP contribution in [0.3, 0.4) is 0 Å². The Morgan fingerprint density at radius 1 is 1.23 bits per heavy atom. The number of amides is 1. The van der Waals surface area contributed by atoms with Crippen molar-refractivity contribution >= 4 is 11.9 Å². The molecule has 1 fully saturated rings. The normalized spacial score (nSPS) is 18.9. The van der Waals surface area contributed by atoms with E-state index in [-0.39, 0.29) is 5.91 Å². The number of hydrogen-bond donors (Lipinski definition) is 2. The Bertz CT molecular complexity index is 689. The Morgan fingerprint density at radius 3 is 2.80 bits per heavy atom. The average molecular weight is 417 g/mol. The number of ether oxygens (including phenoxy) is 2. The lowest BCUT2D eigenvalue weighted by Gasteiger charge is -2.29. The van der Waals surface area contributed by atoms with Gasteiger partial charge in [0, 0.05) is 58.8 Å². The number of fused-ring (bicyclic) bond motifs is 1. The second-order valence-electron chi connectivity index (χ2n) is 8.02. The summed E-state index contributed by atoms with van der Waals surface area (Å²) in [5.74, 6) is 1.58. The highest BCUT2D eigenvalue weighted by atomic mass is 16.5. The lowest BCUT2D eigenvalue weighted by molar-refractivity contribution is -0.132. The van der Waals surface area contributed by atoms with Crippen molar-refractivity contribution in [2.75, 3.05) is 53.1 Å². The first-order chi connectivity index (χ1) is 14.8. The molecule has 2 aliphatic rings. The molecule has 0 radical (unpaired) electrons. The summed E-state index contributed by atoms with van der Waals surface area (Å²) < 4.78 is 11.1. The van der Waals surface area contributed by atoms with Gasteiger partial charge in [-0.05, 0) is 36.8 Å². The van der Waals surface area contributed by atoms with Crippen molar-refractivity contribution in [3.05, 3.63) is 35.4 Å². The largest absolute Gasteiger partial charge is 0.381 e. The molecule has 1 unspecified atom stereocenters. The fourth-order valence-electron chi connectivity index (χ4n) is 3.88. The molecule has 2 aliphatic heterocycles. The van der Waals surface area contributed by atoms with Crippen LogP contribution in [0.25, 0.3) is 0 Å². The molecular weight excluding hydrogens is 380 g/mol. The maximum absolute atomic E-state index is 12.5. The van der Waals surface area contributed by atoms with Gasteiger partial charge in [0.2, 0.25) is 5.91 Å². The van der Waals surface area contributed by atoms with Crippen molar-refractivity contribution in [3.63, 3.8) is 0 Å². The van der Waals surface area contributed by atoms with Crippen molar-refractivity contribution in [1.82, 2.24) is 15.5 Å². The predicted molar refractivity (Wildman–Crippen MR) is 119 cm³/mol. The number of aliphatic imine (C=N–C) groups is 1. The first-order valence-corrected chi connectivity index (χ1v) is 11.2. The van der Waals surface area contributed by atoms with E-state index in [2.05, 4.69) is 33.8 Å². The number of benzene rings is 1. The highest BCUT2D eigenvalue weighted by molar-refractivity contribution is 5.80. The van der Waals surface area contributed by atoms with Crippen molar-refractivity contribution in [3.8, 4) is 0 Å². The third-order valence-corrected chi connectivity index (χ3v) is 5.70. The minimum atomic E-state index is 0.235. The molecular formula is C23H36N4O3. The molecule has 7 nitrogen and oxygen atoms in total. The number of guanidine groups is 1. The minimum Gasteiger partial charge on any atom is -0.381 e. The molecule has 1 saturated heterocycles. The summed E-state index contributed by atoms with van der Waals surface area (Å²) in [7, 11) is 1.77. The molecule has 3 rings (SSSR count). The summed E-state index contributed by atoms with van der Waals surface area (Å²) in [5, 5.41) is 6.59. The molecule has 0 bridgehead atoms. The van der Waals surface area contributed by atoms with Gasteiger partial charge in [-0.2, -0.15) is 0 Å². The fourth-order valence-corrected chi connectivity index (χ4v) is 3.88. The maximum atomic E-state index is 12.5. The van der Waals surface area contributed by atoms with Crippen LogP contribution in [0.1, 0.15) is 36.8 Å². The molecule has 30 heavy (non-hydrogen) atoms. The quantitative estimate of drug-likeness (QED) is 0.346. The van der Waals surface area contributed by atoms with E-state index in [1.165, 1.54) is 11.1 Å². The number of nitrogens with one attached hydrogen (secondary N) is 2. The molecule has 1 aromatic rings. The Morgan fingerprint density at radius 2 is 2.03 bits per heavy atom. The van der Waals surface area contributed by atoms with Crippen LogP contribution >= 0.6 is 0 Å². The van der Waals surface area contributed by atoms with E-state index >= 15 is 0 Å². The Labute approximate surface area is 180 Å². The molecule has 0 saturated carbocycles. The van der Waals surface area contributed by atoms with Crippen LogP contribution < -0.4 is 10.6 Å². The van der Waals surface area contributed by atoms with Crippen molar-refractivity contribution in [1.29, 1.82) is 0 Å². The van der Waals surface area contributed by atoms with Crippen LogP contribution in [0.2, 0.25) is 0 Å². The first-order valence-electron chi connectivity index (χ1n) is 11.2. The monoisotopic (exact) mass is 416 g/mol. The molecule has 7 heteroatoms. The van der Waals surface area contributed by atoms with E-state index in [1.807, 2.05) is 11.0 Å². The van der Waals surface area contributed by atoms with Crippen molar-refractivity contribution in [2.24, 2.45) is 10.9 Å². The lowest BCUT2D eigenvalue weighted by Crippen LogP contribution is -2.39. The van der Waals surface area contributed by atoms with Gasteiger partial charge >= 0.3 is 0 Å². The zero-order chi connectivity index (χ0) is 21.0. The van der Waals surface area contributed by atoms with E-state index in [0.717, 1.165) is 84.2 Å². The molecule has 1 atom stereocenters. The second-order valence-corrected chi connectivity index (χ2v) is 8.02. The predicted octanol–water partition coefficient (Wildman–Crippen LogP) is 1.96. The molecule has 1 amide bonds. The van der Waals surface area contributed by atoms with Gasteiger partial charge in [0.15, 0.2) is 5.96 Å². The van der Waals surface area contributed by atoms with E-state index in [4.69, 9.17) is 9.47 Å². The molecule has 0 spiro atoms. The molecule has 1 aromatic carbocycles. The minimum absolute atomic E-state index is 0.235. The van der Waals surface area contributed by atoms with E-state index in [1.54, 1.807) is 7.05 Å². The Hall–Kier alpha value is -2.12. The van der Waals surface area contributed by atoms with E-state index in [0.29, 0.717) is 12.3 Å². The number of nitrogens with zero attached hydrogens (tertiary/aromatic N) is 2. The highest BCUT2D eigenvalue weighted by Gasteiger charge is 2.19. The van der Waals surface area contributed by atoms with Crippen LogP contribution in [-0.4, -0.2) is 69.9 Å².